The van der Waals surface area contributed by atoms with Gasteiger partial charge in [0.1, 0.15) is 5.65 Å². The van der Waals surface area contributed by atoms with E-state index >= 15 is 0 Å². The minimum Gasteiger partial charge on any atom is -0.339 e. The fourth-order valence-electron chi connectivity index (χ4n) is 2.57. The van der Waals surface area contributed by atoms with E-state index in [1.165, 1.54) is 0 Å². The molecule has 2 heterocycles. The van der Waals surface area contributed by atoms with Crippen molar-refractivity contribution in [3.05, 3.63) is 59.4 Å². The number of hydrogen-bond acceptors (Lipinski definition) is 2. The van der Waals surface area contributed by atoms with Crippen molar-refractivity contribution in [2.75, 3.05) is 13.1 Å². The second-order valence-electron chi connectivity index (χ2n) is 5.29. The number of fused-ring (bicyclic) bond motifs is 1. The molecule has 0 N–H and O–H groups in total. The molecule has 4 nitrogen and oxygen atoms in total. The van der Waals surface area contributed by atoms with Crippen molar-refractivity contribution in [2.45, 2.75) is 13.8 Å². The fraction of sp³-hybridized carbons (Fsp3) is 0.222. The molecule has 0 radical (unpaired) electrons. The number of benzene rings is 1. The van der Waals surface area contributed by atoms with Crippen LogP contribution in [0.3, 0.4) is 0 Å². The molecule has 0 aliphatic heterocycles. The van der Waals surface area contributed by atoms with Crippen LogP contribution >= 0.6 is 11.6 Å². The summed E-state index contributed by atoms with van der Waals surface area (Å²) in [6, 6.07) is 11.3. The summed E-state index contributed by atoms with van der Waals surface area (Å²) in [5.41, 5.74) is 3.33. The lowest BCUT2D eigenvalue weighted by atomic mass is 10.2. The third-order valence-corrected chi connectivity index (χ3v) is 4.14. The van der Waals surface area contributed by atoms with Crippen molar-refractivity contribution in [1.82, 2.24) is 14.3 Å². The molecule has 0 unspecified atom stereocenters. The zero-order chi connectivity index (χ0) is 16.4. The standard InChI is InChI=1S/C18H18ClN3O/c1-3-21(4-2)18(23)14-7-10-17-20-16(12-22(17)11-14)13-5-8-15(19)9-6-13/h5-12H,3-4H2,1-2H3. The summed E-state index contributed by atoms with van der Waals surface area (Å²) in [7, 11) is 0. The van der Waals surface area contributed by atoms with Crippen molar-refractivity contribution >= 4 is 23.2 Å². The minimum atomic E-state index is 0.0404. The third kappa shape index (κ3) is 3.08. The van der Waals surface area contributed by atoms with Crippen molar-refractivity contribution in [3.8, 4) is 11.3 Å². The number of imidazole rings is 1. The normalized spacial score (nSPS) is 10.9. The van der Waals surface area contributed by atoms with E-state index < -0.39 is 0 Å². The van der Waals surface area contributed by atoms with E-state index in [4.69, 9.17) is 11.6 Å². The first-order valence-electron chi connectivity index (χ1n) is 7.66. The molecular weight excluding hydrogens is 310 g/mol. The van der Waals surface area contributed by atoms with Gasteiger partial charge < -0.3 is 9.30 Å². The molecule has 0 spiro atoms. The van der Waals surface area contributed by atoms with E-state index in [0.29, 0.717) is 23.7 Å². The largest absolute Gasteiger partial charge is 0.339 e. The van der Waals surface area contributed by atoms with E-state index in [9.17, 15) is 4.79 Å². The van der Waals surface area contributed by atoms with Crippen molar-refractivity contribution in [3.63, 3.8) is 0 Å². The molecule has 118 valence electrons. The predicted molar refractivity (Wildman–Crippen MR) is 92.9 cm³/mol. The highest BCUT2D eigenvalue weighted by atomic mass is 35.5. The molecule has 0 saturated heterocycles. The first-order valence-corrected chi connectivity index (χ1v) is 8.04. The second kappa shape index (κ2) is 6.42. The Morgan fingerprint density at radius 1 is 1.09 bits per heavy atom. The molecule has 3 aromatic rings. The van der Waals surface area contributed by atoms with Gasteiger partial charge in [0.15, 0.2) is 0 Å². The van der Waals surface area contributed by atoms with Gasteiger partial charge in [-0.25, -0.2) is 4.98 Å². The topological polar surface area (TPSA) is 37.6 Å². The van der Waals surface area contributed by atoms with Crippen LogP contribution in [0.2, 0.25) is 5.02 Å². The van der Waals surface area contributed by atoms with Gasteiger partial charge in [0.2, 0.25) is 0 Å². The van der Waals surface area contributed by atoms with Gasteiger partial charge in [-0.15, -0.1) is 0 Å². The molecule has 0 saturated carbocycles. The van der Waals surface area contributed by atoms with E-state index in [2.05, 4.69) is 4.98 Å². The van der Waals surface area contributed by atoms with Gasteiger partial charge in [-0.05, 0) is 38.1 Å². The predicted octanol–water partition coefficient (Wildman–Crippen LogP) is 4.14. The molecule has 0 fully saturated rings. The Kier molecular flexibility index (Phi) is 4.35. The average Bonchev–Trinajstić information content (AvgIpc) is 2.99. The lowest BCUT2D eigenvalue weighted by Crippen LogP contribution is -2.30. The zero-order valence-electron chi connectivity index (χ0n) is 13.2. The molecule has 23 heavy (non-hydrogen) atoms. The lowest BCUT2D eigenvalue weighted by Gasteiger charge is -2.18. The molecule has 0 atom stereocenters. The Bertz CT molecular complexity index is 835. The highest BCUT2D eigenvalue weighted by Gasteiger charge is 2.13. The summed E-state index contributed by atoms with van der Waals surface area (Å²) >= 11 is 5.92. The van der Waals surface area contributed by atoms with E-state index in [1.807, 2.05) is 67.0 Å². The Labute approximate surface area is 140 Å². The van der Waals surface area contributed by atoms with Gasteiger partial charge in [-0.1, -0.05) is 23.7 Å². The van der Waals surface area contributed by atoms with Crippen LogP contribution in [0.1, 0.15) is 24.2 Å². The summed E-state index contributed by atoms with van der Waals surface area (Å²) in [6.45, 7) is 5.37. The van der Waals surface area contributed by atoms with Crippen LogP contribution in [0.15, 0.2) is 48.8 Å². The van der Waals surface area contributed by atoms with Crippen LogP contribution in [0, 0.1) is 0 Å². The number of amides is 1. The molecule has 0 aliphatic rings. The van der Waals surface area contributed by atoms with Crippen LogP contribution in [0.5, 0.6) is 0 Å². The van der Waals surface area contributed by atoms with Gasteiger partial charge in [-0.2, -0.15) is 0 Å². The monoisotopic (exact) mass is 327 g/mol. The van der Waals surface area contributed by atoms with E-state index in [0.717, 1.165) is 16.9 Å². The van der Waals surface area contributed by atoms with Gasteiger partial charge in [0.05, 0.1) is 11.3 Å². The van der Waals surface area contributed by atoms with Gasteiger partial charge >= 0.3 is 0 Å². The molecular formula is C18H18ClN3O. The maximum Gasteiger partial charge on any atom is 0.255 e. The SMILES string of the molecule is CCN(CC)C(=O)c1ccc2nc(-c3ccc(Cl)cc3)cn2c1. The van der Waals surface area contributed by atoms with Gasteiger partial charge in [0.25, 0.3) is 5.91 Å². The van der Waals surface area contributed by atoms with Crippen LogP contribution < -0.4 is 0 Å². The van der Waals surface area contributed by atoms with Crippen molar-refractivity contribution in [1.29, 1.82) is 0 Å². The number of carbonyl (C=O) groups excluding carboxylic acids is 1. The number of hydrogen-bond donors (Lipinski definition) is 0. The highest BCUT2D eigenvalue weighted by molar-refractivity contribution is 6.30. The number of pyridine rings is 1. The summed E-state index contributed by atoms with van der Waals surface area (Å²) in [5.74, 6) is 0.0404. The van der Waals surface area contributed by atoms with Crippen molar-refractivity contribution in [2.24, 2.45) is 0 Å². The van der Waals surface area contributed by atoms with Crippen LogP contribution in [0.4, 0.5) is 0 Å². The Hall–Kier alpha value is -2.33. The Morgan fingerprint density at radius 3 is 2.43 bits per heavy atom. The quantitative estimate of drug-likeness (QED) is 0.722. The maximum atomic E-state index is 12.4. The zero-order valence-corrected chi connectivity index (χ0v) is 13.9. The number of carbonyl (C=O) groups is 1. The van der Waals surface area contributed by atoms with E-state index in [1.54, 1.807) is 4.90 Å². The maximum absolute atomic E-state index is 12.4. The minimum absolute atomic E-state index is 0.0404. The number of halogens is 1. The number of aromatic nitrogens is 2. The van der Waals surface area contributed by atoms with Crippen LogP contribution in [0.25, 0.3) is 16.9 Å². The molecule has 0 bridgehead atoms. The summed E-state index contributed by atoms with van der Waals surface area (Å²) in [5, 5.41) is 0.699. The first-order chi connectivity index (χ1) is 11.1. The molecule has 1 amide bonds. The molecule has 3 rings (SSSR count). The number of rotatable bonds is 4. The Balaban J connectivity index is 1.98. The first kappa shape index (κ1) is 15.6. The van der Waals surface area contributed by atoms with Crippen LogP contribution in [-0.2, 0) is 0 Å². The average molecular weight is 328 g/mol. The highest BCUT2D eigenvalue weighted by Crippen LogP contribution is 2.21. The molecule has 1 aromatic carbocycles. The molecule has 2 aromatic heterocycles. The number of nitrogens with zero attached hydrogens (tertiary/aromatic N) is 3. The van der Waals surface area contributed by atoms with Gasteiger partial charge in [0, 0.05) is 36.1 Å². The second-order valence-corrected chi connectivity index (χ2v) is 5.73. The molecule has 0 aliphatic carbocycles. The summed E-state index contributed by atoms with van der Waals surface area (Å²) in [6.07, 6.45) is 3.76. The fourth-order valence-corrected chi connectivity index (χ4v) is 2.70. The smallest absolute Gasteiger partial charge is 0.255 e. The summed E-state index contributed by atoms with van der Waals surface area (Å²) < 4.78 is 1.89. The van der Waals surface area contributed by atoms with E-state index in [-0.39, 0.29) is 5.91 Å². The van der Waals surface area contributed by atoms with Crippen molar-refractivity contribution < 1.29 is 4.79 Å². The van der Waals surface area contributed by atoms with Gasteiger partial charge in [-0.3, -0.25) is 4.79 Å². The third-order valence-electron chi connectivity index (χ3n) is 3.89. The Morgan fingerprint density at radius 2 is 1.78 bits per heavy atom. The summed E-state index contributed by atoms with van der Waals surface area (Å²) in [4.78, 5) is 18.8. The lowest BCUT2D eigenvalue weighted by molar-refractivity contribution is 0.0772. The molecule has 5 heteroatoms. The van der Waals surface area contributed by atoms with Crippen LogP contribution in [-0.4, -0.2) is 33.3 Å².